The van der Waals surface area contributed by atoms with E-state index >= 15 is 0 Å². The summed E-state index contributed by atoms with van der Waals surface area (Å²) in [5.41, 5.74) is 0.249. The van der Waals surface area contributed by atoms with Crippen LogP contribution in [0.2, 0.25) is 5.02 Å². The van der Waals surface area contributed by atoms with Crippen molar-refractivity contribution < 1.29 is 9.72 Å². The van der Waals surface area contributed by atoms with Crippen molar-refractivity contribution in [3.8, 4) is 0 Å². The Bertz CT molecular complexity index is 492. The summed E-state index contributed by atoms with van der Waals surface area (Å²) in [6, 6.07) is 4.73. The van der Waals surface area contributed by atoms with Crippen LogP contribution in [-0.4, -0.2) is 30.5 Å². The lowest BCUT2D eigenvalue weighted by Crippen LogP contribution is -2.33. The Balaban J connectivity index is 2.40. The first-order chi connectivity index (χ1) is 8.59. The Morgan fingerprint density at radius 1 is 1.44 bits per heavy atom. The highest BCUT2D eigenvalue weighted by molar-refractivity contribution is 6.33. The number of nitrogens with zero attached hydrogens (tertiary/aromatic N) is 2. The van der Waals surface area contributed by atoms with Crippen molar-refractivity contribution in [2.45, 2.75) is 6.42 Å². The van der Waals surface area contributed by atoms with Crippen LogP contribution in [0.3, 0.4) is 0 Å². The summed E-state index contributed by atoms with van der Waals surface area (Å²) in [5, 5.41) is 13.9. The van der Waals surface area contributed by atoms with Gasteiger partial charge in [-0.1, -0.05) is 17.7 Å². The standard InChI is InChI=1S/C11H12ClN3O3/c12-8-3-1-4-9(11(8)15(17)18)14-6-2-5-13-10(16)7-14/h1,3-4H,2,5-7H2,(H,13,16). The van der Waals surface area contributed by atoms with Crippen LogP contribution in [-0.2, 0) is 4.79 Å². The molecule has 0 radical (unpaired) electrons. The van der Waals surface area contributed by atoms with Gasteiger partial charge in [0.25, 0.3) is 0 Å². The molecule has 0 saturated carbocycles. The van der Waals surface area contributed by atoms with Gasteiger partial charge in [-0.2, -0.15) is 0 Å². The van der Waals surface area contributed by atoms with Crippen molar-refractivity contribution in [2.75, 3.05) is 24.5 Å². The highest BCUT2D eigenvalue weighted by Crippen LogP contribution is 2.35. The molecule has 1 aromatic carbocycles. The summed E-state index contributed by atoms with van der Waals surface area (Å²) in [5.74, 6) is -0.137. The molecule has 1 N–H and O–H groups in total. The van der Waals surface area contributed by atoms with Crippen LogP contribution in [0.5, 0.6) is 0 Å². The Hall–Kier alpha value is -1.82. The van der Waals surface area contributed by atoms with Crippen molar-refractivity contribution >= 4 is 28.9 Å². The molecule has 0 unspecified atom stereocenters. The molecule has 0 bridgehead atoms. The molecule has 2 rings (SSSR count). The molecule has 0 aromatic heterocycles. The van der Waals surface area contributed by atoms with E-state index in [0.717, 1.165) is 6.42 Å². The van der Waals surface area contributed by atoms with Crippen LogP contribution < -0.4 is 10.2 Å². The summed E-state index contributed by atoms with van der Waals surface area (Å²) in [7, 11) is 0. The molecule has 1 aliphatic rings. The quantitative estimate of drug-likeness (QED) is 0.653. The third-order valence-electron chi connectivity index (χ3n) is 2.75. The van der Waals surface area contributed by atoms with E-state index in [0.29, 0.717) is 18.8 Å². The number of nitro groups is 1. The first-order valence-corrected chi connectivity index (χ1v) is 5.92. The number of nitrogens with one attached hydrogen (secondary N) is 1. The van der Waals surface area contributed by atoms with Crippen LogP contribution in [0.15, 0.2) is 18.2 Å². The molecule has 6 nitrogen and oxygen atoms in total. The topological polar surface area (TPSA) is 75.5 Å². The van der Waals surface area contributed by atoms with E-state index in [4.69, 9.17) is 11.6 Å². The molecule has 0 spiro atoms. The summed E-state index contributed by atoms with van der Waals surface area (Å²) in [6.07, 6.45) is 0.745. The van der Waals surface area contributed by atoms with Gasteiger partial charge < -0.3 is 10.2 Å². The number of carbonyl (C=O) groups is 1. The minimum absolute atomic E-state index is 0.0853. The van der Waals surface area contributed by atoms with Gasteiger partial charge in [-0.25, -0.2) is 0 Å². The maximum atomic E-state index is 11.5. The normalized spacial score (nSPS) is 16.1. The molecule has 7 heteroatoms. The average Bonchev–Trinajstić information content (AvgIpc) is 2.53. The number of anilines is 1. The molecular formula is C11H12ClN3O3. The maximum absolute atomic E-state index is 11.5. The van der Waals surface area contributed by atoms with E-state index in [1.54, 1.807) is 17.0 Å². The monoisotopic (exact) mass is 269 g/mol. The number of amides is 1. The average molecular weight is 270 g/mol. The molecular weight excluding hydrogens is 258 g/mol. The molecule has 1 amide bonds. The lowest BCUT2D eigenvalue weighted by atomic mass is 10.2. The third kappa shape index (κ3) is 2.53. The highest BCUT2D eigenvalue weighted by atomic mass is 35.5. The molecule has 1 saturated heterocycles. The van der Waals surface area contributed by atoms with Crippen molar-refractivity contribution in [3.05, 3.63) is 33.3 Å². The zero-order valence-electron chi connectivity index (χ0n) is 9.56. The molecule has 1 aromatic rings. The fraction of sp³-hybridized carbons (Fsp3) is 0.364. The van der Waals surface area contributed by atoms with Gasteiger partial charge in [-0.15, -0.1) is 0 Å². The Morgan fingerprint density at radius 3 is 2.94 bits per heavy atom. The second-order valence-corrected chi connectivity index (χ2v) is 4.40. The number of carbonyl (C=O) groups excluding carboxylic acids is 1. The van der Waals surface area contributed by atoms with Crippen molar-refractivity contribution in [2.24, 2.45) is 0 Å². The SMILES string of the molecule is O=C1CN(c2cccc(Cl)c2[N+](=O)[O-])CCCN1. The molecule has 18 heavy (non-hydrogen) atoms. The van der Waals surface area contributed by atoms with E-state index in [2.05, 4.69) is 5.32 Å². The second kappa shape index (κ2) is 5.22. The number of rotatable bonds is 2. The number of hydrogen-bond donors (Lipinski definition) is 1. The first-order valence-electron chi connectivity index (χ1n) is 5.54. The van der Waals surface area contributed by atoms with Crippen LogP contribution in [0, 0.1) is 10.1 Å². The molecule has 0 aliphatic carbocycles. The van der Waals surface area contributed by atoms with Gasteiger partial charge in [0, 0.05) is 13.1 Å². The largest absolute Gasteiger partial charge is 0.357 e. The van der Waals surface area contributed by atoms with Crippen LogP contribution in [0.1, 0.15) is 6.42 Å². The van der Waals surface area contributed by atoms with E-state index in [1.165, 1.54) is 6.07 Å². The molecule has 1 aliphatic heterocycles. The number of nitro benzene ring substituents is 1. The Labute approximate surface area is 109 Å². The Morgan fingerprint density at radius 2 is 2.22 bits per heavy atom. The van der Waals surface area contributed by atoms with E-state index in [1.807, 2.05) is 0 Å². The van der Waals surface area contributed by atoms with Gasteiger partial charge in [0.2, 0.25) is 5.91 Å². The Kier molecular flexibility index (Phi) is 3.66. The summed E-state index contributed by atoms with van der Waals surface area (Å²) in [6.45, 7) is 1.28. The third-order valence-corrected chi connectivity index (χ3v) is 3.06. The van der Waals surface area contributed by atoms with Gasteiger partial charge >= 0.3 is 5.69 Å². The van der Waals surface area contributed by atoms with Gasteiger partial charge in [0.1, 0.15) is 10.7 Å². The fourth-order valence-electron chi connectivity index (χ4n) is 1.95. The van der Waals surface area contributed by atoms with E-state index in [9.17, 15) is 14.9 Å². The van der Waals surface area contributed by atoms with E-state index < -0.39 is 4.92 Å². The number of hydrogen-bond acceptors (Lipinski definition) is 4. The van der Waals surface area contributed by atoms with Gasteiger partial charge in [0.05, 0.1) is 11.5 Å². The number of para-hydroxylation sites is 1. The summed E-state index contributed by atoms with van der Waals surface area (Å²) in [4.78, 5) is 23.7. The lowest BCUT2D eigenvalue weighted by molar-refractivity contribution is -0.384. The predicted octanol–water partition coefficient (Wildman–Crippen LogP) is 1.57. The van der Waals surface area contributed by atoms with Crippen molar-refractivity contribution in [1.29, 1.82) is 0 Å². The van der Waals surface area contributed by atoms with Crippen molar-refractivity contribution in [1.82, 2.24) is 5.32 Å². The molecule has 1 fully saturated rings. The minimum Gasteiger partial charge on any atom is -0.357 e. The predicted molar refractivity (Wildman–Crippen MR) is 67.9 cm³/mol. The van der Waals surface area contributed by atoms with Crippen LogP contribution >= 0.6 is 11.6 Å². The summed E-state index contributed by atoms with van der Waals surface area (Å²) < 4.78 is 0. The van der Waals surface area contributed by atoms with Gasteiger partial charge in [-0.05, 0) is 18.6 Å². The lowest BCUT2D eigenvalue weighted by Gasteiger charge is -2.21. The highest BCUT2D eigenvalue weighted by Gasteiger charge is 2.25. The molecule has 96 valence electrons. The second-order valence-electron chi connectivity index (χ2n) is 3.99. The van der Waals surface area contributed by atoms with Gasteiger partial charge in [-0.3, -0.25) is 14.9 Å². The van der Waals surface area contributed by atoms with Crippen molar-refractivity contribution in [3.63, 3.8) is 0 Å². The van der Waals surface area contributed by atoms with Crippen LogP contribution in [0.4, 0.5) is 11.4 Å². The fourth-order valence-corrected chi connectivity index (χ4v) is 2.19. The minimum atomic E-state index is -0.513. The maximum Gasteiger partial charge on any atom is 0.310 e. The first kappa shape index (κ1) is 12.6. The van der Waals surface area contributed by atoms with Crippen LogP contribution in [0.25, 0.3) is 0 Å². The summed E-state index contributed by atoms with van der Waals surface area (Å²) >= 11 is 5.85. The van der Waals surface area contributed by atoms with Gasteiger partial charge in [0.15, 0.2) is 0 Å². The number of benzene rings is 1. The zero-order valence-corrected chi connectivity index (χ0v) is 10.3. The number of halogens is 1. The zero-order chi connectivity index (χ0) is 13.1. The van der Waals surface area contributed by atoms with E-state index in [-0.39, 0.29) is 23.2 Å². The molecule has 1 heterocycles. The molecule has 0 atom stereocenters. The smallest absolute Gasteiger partial charge is 0.310 e.